The van der Waals surface area contributed by atoms with Crippen LogP contribution in [0.2, 0.25) is 5.15 Å². The van der Waals surface area contributed by atoms with E-state index in [-0.39, 0.29) is 5.15 Å². The van der Waals surface area contributed by atoms with E-state index >= 15 is 0 Å². The maximum Gasteiger partial charge on any atom is 0.170 e. The fourth-order valence-electron chi connectivity index (χ4n) is 1.02. The minimum Gasteiger partial charge on any atom is -0.359 e. The Bertz CT molecular complexity index is 440. The summed E-state index contributed by atoms with van der Waals surface area (Å²) < 4.78 is 13.9. The van der Waals surface area contributed by atoms with E-state index in [4.69, 9.17) is 11.6 Å². The standard InChI is InChI=1S/C7H3BrClFN2/c8-3-1-11-4-2-12-7(9)6(10)5(3)4/h1-2,11H. The van der Waals surface area contributed by atoms with Crippen LogP contribution in [0.3, 0.4) is 0 Å². The molecule has 0 amide bonds. The van der Waals surface area contributed by atoms with Crippen molar-refractivity contribution >= 4 is 38.4 Å². The van der Waals surface area contributed by atoms with Crippen molar-refractivity contribution in [1.82, 2.24) is 9.97 Å². The van der Waals surface area contributed by atoms with E-state index in [1.807, 2.05) is 0 Å². The Morgan fingerprint density at radius 2 is 2.33 bits per heavy atom. The highest BCUT2D eigenvalue weighted by molar-refractivity contribution is 9.10. The van der Waals surface area contributed by atoms with Crippen molar-refractivity contribution in [3.05, 3.63) is 27.8 Å². The minimum absolute atomic E-state index is 0.109. The van der Waals surface area contributed by atoms with E-state index in [1.165, 1.54) is 6.20 Å². The lowest BCUT2D eigenvalue weighted by molar-refractivity contribution is 0.634. The van der Waals surface area contributed by atoms with Crippen LogP contribution in [0, 0.1) is 5.82 Å². The van der Waals surface area contributed by atoms with Crippen molar-refractivity contribution in [1.29, 1.82) is 0 Å². The van der Waals surface area contributed by atoms with Crippen LogP contribution in [-0.4, -0.2) is 9.97 Å². The molecule has 0 radical (unpaired) electrons. The molecule has 2 nitrogen and oxygen atoms in total. The Morgan fingerprint density at radius 1 is 1.58 bits per heavy atom. The number of nitrogens with one attached hydrogen (secondary N) is 1. The van der Waals surface area contributed by atoms with Crippen LogP contribution in [0.25, 0.3) is 10.9 Å². The normalized spacial score (nSPS) is 10.9. The molecule has 62 valence electrons. The Labute approximate surface area is 80.9 Å². The van der Waals surface area contributed by atoms with Gasteiger partial charge in [-0.05, 0) is 15.9 Å². The first-order valence-electron chi connectivity index (χ1n) is 3.16. The van der Waals surface area contributed by atoms with Crippen LogP contribution in [-0.2, 0) is 0 Å². The lowest BCUT2D eigenvalue weighted by atomic mass is 10.3. The zero-order valence-corrected chi connectivity index (χ0v) is 8.08. The van der Waals surface area contributed by atoms with Crippen LogP contribution in [0.5, 0.6) is 0 Å². The molecular weight excluding hydrogens is 246 g/mol. The quantitative estimate of drug-likeness (QED) is 0.714. The lowest BCUT2D eigenvalue weighted by Gasteiger charge is -1.94. The molecule has 0 saturated heterocycles. The average molecular weight is 249 g/mol. The summed E-state index contributed by atoms with van der Waals surface area (Å²) in [6.07, 6.45) is 3.14. The van der Waals surface area contributed by atoms with Gasteiger partial charge in [0.15, 0.2) is 11.0 Å². The molecule has 0 unspecified atom stereocenters. The van der Waals surface area contributed by atoms with Gasteiger partial charge in [-0.15, -0.1) is 0 Å². The Kier molecular flexibility index (Phi) is 1.81. The first-order valence-corrected chi connectivity index (χ1v) is 4.34. The maximum absolute atomic E-state index is 13.2. The van der Waals surface area contributed by atoms with Gasteiger partial charge in [0.25, 0.3) is 0 Å². The van der Waals surface area contributed by atoms with Crippen LogP contribution in [0.4, 0.5) is 4.39 Å². The van der Waals surface area contributed by atoms with Crippen molar-refractivity contribution in [3.63, 3.8) is 0 Å². The smallest absolute Gasteiger partial charge is 0.170 e. The number of halogens is 3. The zero-order chi connectivity index (χ0) is 8.72. The predicted molar refractivity (Wildman–Crippen MR) is 48.8 cm³/mol. The molecule has 1 N–H and O–H groups in total. The Hall–Kier alpha value is -0.610. The molecule has 2 aromatic rings. The fourth-order valence-corrected chi connectivity index (χ4v) is 1.67. The lowest BCUT2D eigenvalue weighted by Crippen LogP contribution is -1.83. The van der Waals surface area contributed by atoms with Gasteiger partial charge in [0.05, 0.1) is 17.1 Å². The van der Waals surface area contributed by atoms with Crippen molar-refractivity contribution in [3.8, 4) is 0 Å². The van der Waals surface area contributed by atoms with Gasteiger partial charge >= 0.3 is 0 Å². The molecule has 0 aliphatic heterocycles. The number of nitrogens with zero attached hydrogens (tertiary/aromatic N) is 1. The summed E-state index contributed by atoms with van der Waals surface area (Å²) in [6, 6.07) is 0. The second-order valence-electron chi connectivity index (χ2n) is 2.29. The second-order valence-corrected chi connectivity index (χ2v) is 3.50. The topological polar surface area (TPSA) is 28.7 Å². The van der Waals surface area contributed by atoms with Crippen LogP contribution in [0.15, 0.2) is 16.9 Å². The third-order valence-corrected chi connectivity index (χ3v) is 2.46. The summed E-state index contributed by atoms with van der Waals surface area (Å²) in [5.74, 6) is -0.498. The van der Waals surface area contributed by atoms with Gasteiger partial charge in [0, 0.05) is 10.7 Å². The van der Waals surface area contributed by atoms with Gasteiger partial charge in [0.1, 0.15) is 0 Å². The molecule has 0 aromatic carbocycles. The zero-order valence-electron chi connectivity index (χ0n) is 5.74. The molecule has 0 aliphatic rings. The predicted octanol–water partition coefficient (Wildman–Crippen LogP) is 3.12. The Balaban J connectivity index is 2.96. The molecule has 2 aromatic heterocycles. The summed E-state index contributed by atoms with van der Waals surface area (Å²) in [5.41, 5.74) is 0.628. The molecule has 2 rings (SSSR count). The molecule has 0 spiro atoms. The SMILES string of the molecule is Fc1c(Cl)ncc2[nH]cc(Br)c12. The number of rotatable bonds is 0. The monoisotopic (exact) mass is 248 g/mol. The summed E-state index contributed by atoms with van der Waals surface area (Å²) in [5, 5.41) is 0.331. The summed E-state index contributed by atoms with van der Waals surface area (Å²) in [7, 11) is 0. The third-order valence-electron chi connectivity index (χ3n) is 1.57. The first kappa shape index (κ1) is 8.01. The van der Waals surface area contributed by atoms with Crippen LogP contribution >= 0.6 is 27.5 Å². The number of pyridine rings is 1. The maximum atomic E-state index is 13.2. The number of aromatic nitrogens is 2. The molecule has 5 heteroatoms. The summed E-state index contributed by atoms with van der Waals surface area (Å²) in [6.45, 7) is 0. The van der Waals surface area contributed by atoms with Crippen molar-refractivity contribution in [2.75, 3.05) is 0 Å². The number of aromatic amines is 1. The number of H-pyrrole nitrogens is 1. The van der Waals surface area contributed by atoms with Gasteiger partial charge in [-0.2, -0.15) is 0 Å². The highest BCUT2D eigenvalue weighted by atomic mass is 79.9. The number of hydrogen-bond acceptors (Lipinski definition) is 1. The second kappa shape index (κ2) is 2.71. The molecule has 0 saturated carbocycles. The van der Waals surface area contributed by atoms with Crippen molar-refractivity contribution < 1.29 is 4.39 Å². The molecular formula is C7H3BrClFN2. The largest absolute Gasteiger partial charge is 0.359 e. The molecule has 2 heterocycles. The summed E-state index contributed by atoms with van der Waals surface area (Å²) >= 11 is 8.69. The fraction of sp³-hybridized carbons (Fsp3) is 0. The van der Waals surface area contributed by atoms with E-state index in [9.17, 15) is 4.39 Å². The third kappa shape index (κ3) is 1.03. The van der Waals surface area contributed by atoms with Gasteiger partial charge in [-0.1, -0.05) is 11.6 Å². The Morgan fingerprint density at radius 3 is 3.08 bits per heavy atom. The molecule has 12 heavy (non-hydrogen) atoms. The average Bonchev–Trinajstić information content (AvgIpc) is 2.41. The summed E-state index contributed by atoms with van der Waals surface area (Å²) in [4.78, 5) is 6.51. The first-order chi connectivity index (χ1) is 5.70. The van der Waals surface area contributed by atoms with Gasteiger partial charge in [-0.3, -0.25) is 0 Å². The van der Waals surface area contributed by atoms with Crippen molar-refractivity contribution in [2.45, 2.75) is 0 Å². The highest BCUT2D eigenvalue weighted by Gasteiger charge is 2.10. The highest BCUT2D eigenvalue weighted by Crippen LogP contribution is 2.28. The van der Waals surface area contributed by atoms with E-state index in [1.54, 1.807) is 6.20 Å². The van der Waals surface area contributed by atoms with E-state index in [0.717, 1.165) is 0 Å². The molecule has 0 fully saturated rings. The van der Waals surface area contributed by atoms with Crippen LogP contribution in [0.1, 0.15) is 0 Å². The van der Waals surface area contributed by atoms with E-state index < -0.39 is 5.82 Å². The van der Waals surface area contributed by atoms with E-state index in [2.05, 4.69) is 25.9 Å². The molecule has 0 atom stereocenters. The minimum atomic E-state index is -0.498. The van der Waals surface area contributed by atoms with Gasteiger partial charge in [0.2, 0.25) is 0 Å². The number of hydrogen-bond donors (Lipinski definition) is 1. The van der Waals surface area contributed by atoms with Crippen LogP contribution < -0.4 is 0 Å². The van der Waals surface area contributed by atoms with Crippen molar-refractivity contribution in [2.24, 2.45) is 0 Å². The molecule has 0 aliphatic carbocycles. The number of fused-ring (bicyclic) bond motifs is 1. The van der Waals surface area contributed by atoms with E-state index in [0.29, 0.717) is 15.4 Å². The van der Waals surface area contributed by atoms with Gasteiger partial charge in [-0.25, -0.2) is 9.37 Å². The van der Waals surface area contributed by atoms with Gasteiger partial charge < -0.3 is 4.98 Å². The molecule has 0 bridgehead atoms.